The lowest BCUT2D eigenvalue weighted by molar-refractivity contribution is -0.132. The van der Waals surface area contributed by atoms with Gasteiger partial charge in [-0.05, 0) is 5.41 Å². The van der Waals surface area contributed by atoms with E-state index in [9.17, 15) is 9.59 Å². The molecule has 19 heavy (non-hydrogen) atoms. The predicted molar refractivity (Wildman–Crippen MR) is 73.6 cm³/mol. The first-order valence-corrected chi connectivity index (χ1v) is 6.75. The number of carbonyl (C=O) groups is 2. The third-order valence-corrected chi connectivity index (χ3v) is 3.65. The van der Waals surface area contributed by atoms with Gasteiger partial charge in [0.1, 0.15) is 0 Å². The fraction of sp³-hybridized carbons (Fsp3) is 0.462. The van der Waals surface area contributed by atoms with Gasteiger partial charge in [-0.1, -0.05) is 37.0 Å². The molecule has 5 nitrogen and oxygen atoms in total. The molecule has 0 bridgehead atoms. The van der Waals surface area contributed by atoms with E-state index >= 15 is 0 Å². The molecule has 0 spiro atoms. The third kappa shape index (κ3) is 3.00. The van der Waals surface area contributed by atoms with Crippen LogP contribution in [0.5, 0.6) is 0 Å². The Morgan fingerprint density at radius 3 is 2.63 bits per heavy atom. The molecule has 0 saturated carbocycles. The Morgan fingerprint density at radius 2 is 2.05 bits per heavy atom. The lowest BCUT2D eigenvalue weighted by Gasteiger charge is -2.33. The maximum atomic E-state index is 12.1. The summed E-state index contributed by atoms with van der Waals surface area (Å²) in [4.78, 5) is 30.1. The molecule has 0 unspecified atom stereocenters. The molecule has 0 aromatic carbocycles. The van der Waals surface area contributed by atoms with Crippen molar-refractivity contribution < 1.29 is 9.59 Å². The lowest BCUT2D eigenvalue weighted by atomic mass is 9.82. The van der Waals surface area contributed by atoms with E-state index in [0.717, 1.165) is 0 Å². The van der Waals surface area contributed by atoms with Gasteiger partial charge in [-0.3, -0.25) is 9.59 Å². The normalized spacial score (nSPS) is 18.2. The molecule has 0 atom stereocenters. The van der Waals surface area contributed by atoms with Crippen LogP contribution in [0.15, 0.2) is 6.20 Å². The molecule has 0 aliphatic carbocycles. The van der Waals surface area contributed by atoms with E-state index in [1.807, 2.05) is 13.8 Å². The van der Waals surface area contributed by atoms with E-state index in [0.29, 0.717) is 22.9 Å². The summed E-state index contributed by atoms with van der Waals surface area (Å²) < 4.78 is 0. The van der Waals surface area contributed by atoms with E-state index in [-0.39, 0.29) is 23.8 Å². The van der Waals surface area contributed by atoms with Gasteiger partial charge < -0.3 is 5.73 Å². The van der Waals surface area contributed by atoms with Crippen LogP contribution in [0, 0.1) is 17.3 Å². The van der Waals surface area contributed by atoms with E-state index in [1.165, 1.54) is 16.2 Å². The van der Waals surface area contributed by atoms with Crippen LogP contribution in [0.1, 0.15) is 31.6 Å². The molecule has 1 aliphatic rings. The zero-order chi connectivity index (χ0) is 14.0. The largest absolute Gasteiger partial charge is 0.320 e. The first kappa shape index (κ1) is 13.7. The van der Waals surface area contributed by atoms with Crippen molar-refractivity contribution in [3.63, 3.8) is 0 Å². The molecule has 6 heteroatoms. The van der Waals surface area contributed by atoms with Crippen molar-refractivity contribution in [2.24, 2.45) is 11.1 Å². The van der Waals surface area contributed by atoms with Crippen LogP contribution in [0.25, 0.3) is 0 Å². The first-order valence-electron chi connectivity index (χ1n) is 5.93. The summed E-state index contributed by atoms with van der Waals surface area (Å²) in [6, 6.07) is 0. The van der Waals surface area contributed by atoms with Gasteiger partial charge in [0.15, 0.2) is 5.13 Å². The number of anilines is 1. The summed E-state index contributed by atoms with van der Waals surface area (Å²) in [6.07, 6.45) is 2.26. The molecule has 2 rings (SSSR count). The van der Waals surface area contributed by atoms with Crippen molar-refractivity contribution in [3.8, 4) is 11.8 Å². The van der Waals surface area contributed by atoms with Crippen LogP contribution < -0.4 is 10.6 Å². The Morgan fingerprint density at radius 1 is 1.42 bits per heavy atom. The fourth-order valence-electron chi connectivity index (χ4n) is 1.96. The number of rotatable bonds is 1. The van der Waals surface area contributed by atoms with Gasteiger partial charge in [0.25, 0.3) is 0 Å². The average molecular weight is 277 g/mol. The van der Waals surface area contributed by atoms with Crippen LogP contribution in [0.2, 0.25) is 0 Å². The summed E-state index contributed by atoms with van der Waals surface area (Å²) in [5, 5.41) is 0.395. The Labute approximate surface area is 115 Å². The predicted octanol–water partition coefficient (Wildman–Crippen LogP) is 1.13. The van der Waals surface area contributed by atoms with Crippen LogP contribution >= 0.6 is 11.3 Å². The molecule has 1 aliphatic heterocycles. The minimum atomic E-state index is -0.274. The molecular weight excluding hydrogens is 262 g/mol. The van der Waals surface area contributed by atoms with E-state index in [4.69, 9.17) is 5.73 Å². The highest BCUT2D eigenvalue weighted by Gasteiger charge is 2.39. The number of hydrogen-bond donors (Lipinski definition) is 1. The smallest absolute Gasteiger partial charge is 0.236 e. The quantitative estimate of drug-likeness (QED) is 0.617. The van der Waals surface area contributed by atoms with Crippen molar-refractivity contribution in [1.82, 2.24) is 4.98 Å². The fourth-order valence-corrected chi connectivity index (χ4v) is 2.78. The van der Waals surface area contributed by atoms with Crippen molar-refractivity contribution in [3.05, 3.63) is 11.1 Å². The standard InChI is InChI=1S/C13H15N3O2S/c1-13(2)6-10(17)16(11(18)7-13)12-15-8-9(19-12)4-3-5-14/h8H,5-7,14H2,1-2H3. The Hall–Kier alpha value is -1.71. The Bertz CT molecular complexity index is 560. The number of nitrogens with two attached hydrogens (primary N) is 1. The molecule has 2 heterocycles. The van der Waals surface area contributed by atoms with Crippen LogP contribution in [-0.2, 0) is 9.59 Å². The number of piperidine rings is 1. The molecule has 1 fully saturated rings. The average Bonchev–Trinajstić information content (AvgIpc) is 2.72. The van der Waals surface area contributed by atoms with Crippen LogP contribution in [0.4, 0.5) is 5.13 Å². The number of carbonyl (C=O) groups excluding carboxylic acids is 2. The molecule has 1 aromatic rings. The summed E-state index contributed by atoms with van der Waals surface area (Å²) in [7, 11) is 0. The monoisotopic (exact) mass is 277 g/mol. The van der Waals surface area contributed by atoms with Crippen molar-refractivity contribution in [2.75, 3.05) is 11.4 Å². The topological polar surface area (TPSA) is 76.3 Å². The maximum Gasteiger partial charge on any atom is 0.236 e. The van der Waals surface area contributed by atoms with Gasteiger partial charge in [0.05, 0.1) is 17.6 Å². The molecular formula is C13H15N3O2S. The molecule has 2 N–H and O–H groups in total. The van der Waals surface area contributed by atoms with Gasteiger partial charge in [0.2, 0.25) is 11.8 Å². The summed E-state index contributed by atoms with van der Waals surface area (Å²) in [5.74, 6) is 5.16. The molecule has 2 amide bonds. The maximum absolute atomic E-state index is 12.1. The molecule has 1 aromatic heterocycles. The SMILES string of the molecule is CC1(C)CC(=O)N(c2ncc(C#CCN)s2)C(=O)C1. The molecule has 0 radical (unpaired) electrons. The number of imide groups is 1. The Kier molecular flexibility index (Phi) is 3.69. The first-order chi connectivity index (χ1) is 8.93. The number of thiazole rings is 1. The number of aromatic nitrogens is 1. The number of amides is 2. The van der Waals surface area contributed by atoms with Gasteiger partial charge in [0, 0.05) is 12.8 Å². The van der Waals surface area contributed by atoms with Crippen LogP contribution in [0.3, 0.4) is 0 Å². The highest BCUT2D eigenvalue weighted by atomic mass is 32.1. The minimum Gasteiger partial charge on any atom is -0.320 e. The van der Waals surface area contributed by atoms with Gasteiger partial charge in [-0.2, -0.15) is 0 Å². The van der Waals surface area contributed by atoms with Gasteiger partial charge in [-0.15, -0.1) is 0 Å². The summed E-state index contributed by atoms with van der Waals surface area (Å²) >= 11 is 1.23. The van der Waals surface area contributed by atoms with E-state index in [2.05, 4.69) is 16.8 Å². The highest BCUT2D eigenvalue weighted by molar-refractivity contribution is 7.16. The van der Waals surface area contributed by atoms with Gasteiger partial charge >= 0.3 is 0 Å². The Balaban J connectivity index is 2.24. The van der Waals surface area contributed by atoms with E-state index < -0.39 is 0 Å². The highest BCUT2D eigenvalue weighted by Crippen LogP contribution is 2.35. The summed E-state index contributed by atoms with van der Waals surface area (Å²) in [6.45, 7) is 4.10. The summed E-state index contributed by atoms with van der Waals surface area (Å²) in [5.41, 5.74) is 5.02. The third-order valence-electron chi connectivity index (χ3n) is 2.76. The van der Waals surface area contributed by atoms with Crippen molar-refractivity contribution in [1.29, 1.82) is 0 Å². The van der Waals surface area contributed by atoms with Crippen molar-refractivity contribution >= 4 is 28.3 Å². The zero-order valence-corrected chi connectivity index (χ0v) is 11.7. The zero-order valence-electron chi connectivity index (χ0n) is 10.9. The second kappa shape index (κ2) is 5.11. The second-order valence-corrected chi connectivity index (χ2v) is 6.16. The molecule has 100 valence electrons. The van der Waals surface area contributed by atoms with Crippen molar-refractivity contribution in [2.45, 2.75) is 26.7 Å². The number of nitrogens with zero attached hydrogens (tertiary/aromatic N) is 2. The number of hydrogen-bond acceptors (Lipinski definition) is 5. The van der Waals surface area contributed by atoms with Gasteiger partial charge in [-0.25, -0.2) is 9.88 Å². The lowest BCUT2D eigenvalue weighted by Crippen LogP contribution is -2.46. The van der Waals surface area contributed by atoms with E-state index in [1.54, 1.807) is 6.20 Å². The minimum absolute atomic E-state index is 0.200. The second-order valence-electron chi connectivity index (χ2n) is 5.15. The molecule has 1 saturated heterocycles. The van der Waals surface area contributed by atoms with Crippen LogP contribution in [-0.4, -0.2) is 23.3 Å².